The van der Waals surface area contributed by atoms with Gasteiger partial charge in [-0.3, -0.25) is 0 Å². The van der Waals surface area contributed by atoms with E-state index in [0.29, 0.717) is 23.6 Å². The van der Waals surface area contributed by atoms with Crippen LogP contribution >= 0.6 is 11.6 Å². The van der Waals surface area contributed by atoms with Crippen LogP contribution < -0.4 is 73.9 Å². The van der Waals surface area contributed by atoms with E-state index in [-0.39, 0.29) is 76.7 Å². The van der Waals surface area contributed by atoms with E-state index in [1.54, 1.807) is 36.4 Å². The molecule has 0 spiro atoms. The number of benzene rings is 2. The van der Waals surface area contributed by atoms with Gasteiger partial charge in [-0.2, -0.15) is 0 Å². The normalized spacial score (nSPS) is 15.2. The summed E-state index contributed by atoms with van der Waals surface area (Å²) in [4.78, 5) is 22.6. The second-order valence-electron chi connectivity index (χ2n) is 6.80. The predicted molar refractivity (Wildman–Crippen MR) is 103 cm³/mol. The second kappa shape index (κ2) is 11.9. The molecule has 2 aromatic rings. The summed E-state index contributed by atoms with van der Waals surface area (Å²) in [6, 6.07) is 11.7. The number of ether oxygens (including phenoxy) is 2. The minimum absolute atomic E-state index is 0. The van der Waals surface area contributed by atoms with Crippen LogP contribution in [-0.4, -0.2) is 45.6 Å². The van der Waals surface area contributed by atoms with Gasteiger partial charge in [0.15, 0.2) is 11.5 Å². The van der Waals surface area contributed by atoms with Crippen molar-refractivity contribution >= 4 is 23.5 Å². The zero-order valence-electron chi connectivity index (χ0n) is 17.5. The summed E-state index contributed by atoms with van der Waals surface area (Å²) < 4.78 is 10.1. The fraction of sp³-hybridized carbons (Fsp3) is 0.300. The first-order valence-electron chi connectivity index (χ1n) is 8.86. The van der Waals surface area contributed by atoms with Crippen molar-refractivity contribution in [1.29, 1.82) is 0 Å². The topological polar surface area (TPSA) is 125 Å². The Kier molecular flexibility index (Phi) is 10.8. The molecule has 2 atom stereocenters. The third-order valence-electron chi connectivity index (χ3n) is 4.51. The van der Waals surface area contributed by atoms with Crippen molar-refractivity contribution in [3.05, 3.63) is 58.6 Å². The zero-order valence-corrected chi connectivity index (χ0v) is 22.2. The van der Waals surface area contributed by atoms with Crippen molar-refractivity contribution in [3.8, 4) is 11.5 Å². The van der Waals surface area contributed by atoms with Crippen LogP contribution in [0.5, 0.6) is 11.5 Å². The van der Waals surface area contributed by atoms with Gasteiger partial charge in [0.2, 0.25) is 0 Å². The van der Waals surface area contributed by atoms with E-state index in [1.165, 1.54) is 6.07 Å². The number of aliphatic carboxylic acids is 2. The number of carbonyl (C=O) groups is 2. The largest absolute Gasteiger partial charge is 1.00 e. The molecule has 4 N–H and O–H groups in total. The summed E-state index contributed by atoms with van der Waals surface area (Å²) >= 11 is 5.94. The zero-order chi connectivity index (χ0) is 21.2. The van der Waals surface area contributed by atoms with E-state index in [9.17, 15) is 24.9 Å². The van der Waals surface area contributed by atoms with Crippen LogP contribution in [0.1, 0.15) is 24.2 Å². The quantitative estimate of drug-likeness (QED) is 0.230. The summed E-state index contributed by atoms with van der Waals surface area (Å²) in [6.45, 7) is 2.24. The molecule has 1 heterocycles. The van der Waals surface area contributed by atoms with Crippen molar-refractivity contribution in [2.24, 2.45) is 0 Å². The monoisotopic (exact) mass is 467 g/mol. The van der Waals surface area contributed by atoms with E-state index in [4.69, 9.17) is 21.1 Å². The molecule has 154 valence electrons. The number of aliphatic hydroxyl groups is 1. The molecule has 11 heteroatoms. The van der Waals surface area contributed by atoms with Gasteiger partial charge in [-0.25, -0.2) is 9.59 Å². The van der Waals surface area contributed by atoms with Gasteiger partial charge in [0.25, 0.3) is 0 Å². The Balaban J connectivity index is 0.00000240. The van der Waals surface area contributed by atoms with Gasteiger partial charge in [0.1, 0.15) is 0 Å². The fourth-order valence-electron chi connectivity index (χ4n) is 3.01. The van der Waals surface area contributed by atoms with E-state index in [1.807, 2.05) is 6.92 Å². The summed E-state index contributed by atoms with van der Waals surface area (Å²) in [5.74, 6) is -6.15. The van der Waals surface area contributed by atoms with E-state index >= 15 is 0 Å². The molecular formula is C20H20ClNNa2O7+2. The van der Waals surface area contributed by atoms with Crippen LogP contribution in [0.3, 0.4) is 0 Å². The van der Waals surface area contributed by atoms with E-state index < -0.39 is 23.8 Å². The van der Waals surface area contributed by atoms with Crippen LogP contribution in [-0.2, 0) is 16.0 Å². The summed E-state index contributed by atoms with van der Waals surface area (Å²) in [6.07, 6.45) is -0.189. The number of hydrogen-bond acceptors (Lipinski definition) is 6. The Hall–Kier alpha value is -0.810. The number of nitrogens with one attached hydrogen (secondary N) is 1. The molecule has 0 fully saturated rings. The standard InChI is InChI=1S/C20H20ClNO7.2Na/c1-11(22-10-15(23)13-3-2-4-14(21)9-13)7-12-5-6-16-17(8-12)29-20(28-16,18(24)25)19(26)27;;/h2-6,8-9,11,15,22-23H,7,10H2,1H3,(H,24,25)(H,26,27);;/q;2*+1/t11-,15+;;/m1../s1. The van der Waals surface area contributed by atoms with Gasteiger partial charge in [0, 0.05) is 17.6 Å². The summed E-state index contributed by atoms with van der Waals surface area (Å²) in [5.41, 5.74) is 1.50. The Morgan fingerprint density at radius 3 is 2.32 bits per heavy atom. The molecule has 0 radical (unpaired) electrons. The molecule has 31 heavy (non-hydrogen) atoms. The number of aliphatic hydroxyl groups excluding tert-OH is 1. The molecule has 2 aromatic carbocycles. The Morgan fingerprint density at radius 2 is 1.71 bits per heavy atom. The van der Waals surface area contributed by atoms with Gasteiger partial charge in [-0.1, -0.05) is 29.8 Å². The molecule has 0 amide bonds. The van der Waals surface area contributed by atoms with Gasteiger partial charge >= 0.3 is 76.8 Å². The maximum Gasteiger partial charge on any atom is 1.00 e. The molecular weight excluding hydrogens is 448 g/mol. The fourth-order valence-corrected chi connectivity index (χ4v) is 3.21. The number of carboxylic acids is 2. The molecule has 1 aliphatic rings. The maximum atomic E-state index is 11.3. The number of rotatable bonds is 8. The molecule has 0 saturated heterocycles. The molecule has 0 aromatic heterocycles. The van der Waals surface area contributed by atoms with Crippen molar-refractivity contribution in [1.82, 2.24) is 5.32 Å². The molecule has 0 aliphatic carbocycles. The molecule has 0 saturated carbocycles. The van der Waals surface area contributed by atoms with Crippen molar-refractivity contribution in [2.45, 2.75) is 31.3 Å². The summed E-state index contributed by atoms with van der Waals surface area (Å²) in [7, 11) is 0. The first-order chi connectivity index (χ1) is 13.7. The first kappa shape index (κ1) is 28.2. The van der Waals surface area contributed by atoms with Crippen LogP contribution in [0.25, 0.3) is 0 Å². The number of halogens is 1. The number of hydrogen-bond donors (Lipinski definition) is 4. The van der Waals surface area contributed by atoms with Gasteiger partial charge < -0.3 is 30.1 Å². The van der Waals surface area contributed by atoms with Gasteiger partial charge in [-0.05, 0) is 48.7 Å². The van der Waals surface area contributed by atoms with Crippen LogP contribution in [0.2, 0.25) is 5.02 Å². The Labute approximate surface area is 228 Å². The minimum atomic E-state index is -2.77. The second-order valence-corrected chi connectivity index (χ2v) is 7.23. The van der Waals surface area contributed by atoms with Gasteiger partial charge in [-0.15, -0.1) is 0 Å². The number of fused-ring (bicyclic) bond motifs is 1. The van der Waals surface area contributed by atoms with Crippen molar-refractivity contribution in [3.63, 3.8) is 0 Å². The van der Waals surface area contributed by atoms with Gasteiger partial charge in [0.05, 0.1) is 6.10 Å². The average Bonchev–Trinajstić information content (AvgIpc) is 3.06. The Bertz CT molecular complexity index is 929. The average molecular weight is 468 g/mol. The van der Waals surface area contributed by atoms with Crippen molar-refractivity contribution < 1.29 is 93.5 Å². The van der Waals surface area contributed by atoms with Crippen molar-refractivity contribution in [2.75, 3.05) is 6.54 Å². The van der Waals surface area contributed by atoms with Crippen LogP contribution in [0, 0.1) is 0 Å². The molecule has 8 nitrogen and oxygen atoms in total. The smallest absolute Gasteiger partial charge is 0.475 e. The van der Waals surface area contributed by atoms with E-state index in [0.717, 1.165) is 5.56 Å². The minimum Gasteiger partial charge on any atom is -0.475 e. The maximum absolute atomic E-state index is 11.3. The number of carboxylic acid groups (broad SMARTS) is 2. The third-order valence-corrected chi connectivity index (χ3v) is 4.75. The summed E-state index contributed by atoms with van der Waals surface area (Å²) in [5, 5.41) is 32.4. The molecule has 1 aliphatic heterocycles. The van der Waals surface area contributed by atoms with Crippen LogP contribution in [0.15, 0.2) is 42.5 Å². The predicted octanol–water partition coefficient (Wildman–Crippen LogP) is -3.76. The molecule has 3 rings (SSSR count). The third kappa shape index (κ3) is 6.60. The van der Waals surface area contributed by atoms with E-state index in [2.05, 4.69) is 5.32 Å². The van der Waals surface area contributed by atoms with Crippen LogP contribution in [0.4, 0.5) is 0 Å². The molecule has 0 bridgehead atoms. The Morgan fingerprint density at radius 1 is 1.06 bits per heavy atom. The SMILES string of the molecule is C[C@H](Cc1ccc2c(c1)OC(C(=O)O)(C(=O)O)O2)NC[C@H](O)c1cccc(Cl)c1.[Na+].[Na+]. The molecule has 0 unspecified atom stereocenters. The first-order valence-corrected chi connectivity index (χ1v) is 9.23.